The standard InChI is InChI=1S/C14H26N2O4S/c1-2-3-12-4-8-15(9-5-12)21(19,20)16-10-6-13(7-11-16)14(17)18/h12-13H,2-11H2,1H3,(H,17,18). The summed E-state index contributed by atoms with van der Waals surface area (Å²) in [5, 5.41) is 8.98. The third kappa shape index (κ3) is 3.96. The van der Waals surface area contributed by atoms with Gasteiger partial charge in [-0.15, -0.1) is 0 Å². The molecule has 0 bridgehead atoms. The molecule has 2 rings (SSSR count). The molecule has 0 amide bonds. The van der Waals surface area contributed by atoms with Crippen LogP contribution in [0.5, 0.6) is 0 Å². The second-order valence-electron chi connectivity index (χ2n) is 6.15. The summed E-state index contributed by atoms with van der Waals surface area (Å²) in [7, 11) is -3.40. The Labute approximate surface area is 127 Å². The van der Waals surface area contributed by atoms with Gasteiger partial charge in [0.15, 0.2) is 0 Å². The summed E-state index contributed by atoms with van der Waals surface area (Å²) in [6, 6.07) is 0. The van der Waals surface area contributed by atoms with E-state index < -0.39 is 22.1 Å². The van der Waals surface area contributed by atoms with Gasteiger partial charge in [-0.25, -0.2) is 0 Å². The Hall–Kier alpha value is -0.660. The van der Waals surface area contributed by atoms with Crippen LogP contribution >= 0.6 is 0 Å². The summed E-state index contributed by atoms with van der Waals surface area (Å²) >= 11 is 0. The molecule has 0 aromatic rings. The molecular formula is C14H26N2O4S. The molecule has 7 heteroatoms. The van der Waals surface area contributed by atoms with E-state index in [4.69, 9.17) is 5.11 Å². The largest absolute Gasteiger partial charge is 0.481 e. The highest BCUT2D eigenvalue weighted by Crippen LogP contribution is 2.27. The lowest BCUT2D eigenvalue weighted by Gasteiger charge is -2.37. The van der Waals surface area contributed by atoms with Crippen LogP contribution in [0.25, 0.3) is 0 Å². The molecule has 0 aliphatic carbocycles. The predicted molar refractivity (Wildman–Crippen MR) is 80.1 cm³/mol. The highest BCUT2D eigenvalue weighted by Gasteiger charge is 2.36. The number of piperidine rings is 2. The number of carboxylic acid groups (broad SMARTS) is 1. The molecule has 0 atom stereocenters. The van der Waals surface area contributed by atoms with E-state index in [0.717, 1.165) is 19.3 Å². The molecule has 6 nitrogen and oxygen atoms in total. The maximum Gasteiger partial charge on any atom is 0.306 e. The molecule has 2 saturated heterocycles. The average molecular weight is 318 g/mol. The fraction of sp³-hybridized carbons (Fsp3) is 0.929. The lowest BCUT2D eigenvalue weighted by Crippen LogP contribution is -2.50. The zero-order valence-electron chi connectivity index (χ0n) is 12.7. The molecule has 0 aromatic heterocycles. The van der Waals surface area contributed by atoms with Crippen molar-refractivity contribution < 1.29 is 18.3 Å². The van der Waals surface area contributed by atoms with E-state index in [0.29, 0.717) is 44.9 Å². The van der Waals surface area contributed by atoms with Gasteiger partial charge < -0.3 is 5.11 Å². The molecule has 0 unspecified atom stereocenters. The number of hydrogen-bond acceptors (Lipinski definition) is 3. The lowest BCUT2D eigenvalue weighted by atomic mass is 9.94. The Morgan fingerprint density at radius 1 is 1.05 bits per heavy atom. The number of carbonyl (C=O) groups is 1. The minimum atomic E-state index is -3.40. The average Bonchev–Trinajstić information content (AvgIpc) is 2.48. The van der Waals surface area contributed by atoms with Gasteiger partial charge in [-0.2, -0.15) is 17.0 Å². The first-order valence-corrected chi connectivity index (χ1v) is 9.33. The highest BCUT2D eigenvalue weighted by molar-refractivity contribution is 7.86. The van der Waals surface area contributed by atoms with Gasteiger partial charge >= 0.3 is 5.97 Å². The normalized spacial score (nSPS) is 24.2. The molecule has 1 N–H and O–H groups in total. The maximum absolute atomic E-state index is 12.6. The number of rotatable bonds is 5. The summed E-state index contributed by atoms with van der Waals surface area (Å²) in [5.41, 5.74) is 0. The number of carboxylic acids is 1. The van der Waals surface area contributed by atoms with Crippen LogP contribution in [-0.2, 0) is 15.0 Å². The first kappa shape index (κ1) is 16.7. The van der Waals surface area contributed by atoms with E-state index in [9.17, 15) is 13.2 Å². The number of aliphatic carboxylic acids is 1. The van der Waals surface area contributed by atoms with Crippen molar-refractivity contribution in [2.24, 2.45) is 11.8 Å². The molecule has 0 saturated carbocycles. The van der Waals surface area contributed by atoms with Crippen molar-refractivity contribution in [3.8, 4) is 0 Å². The Bertz CT molecular complexity index is 450. The van der Waals surface area contributed by atoms with Gasteiger partial charge in [0.2, 0.25) is 0 Å². The Morgan fingerprint density at radius 2 is 1.52 bits per heavy atom. The van der Waals surface area contributed by atoms with Crippen molar-refractivity contribution in [1.29, 1.82) is 0 Å². The Balaban J connectivity index is 1.90. The van der Waals surface area contributed by atoms with Gasteiger partial charge in [0.1, 0.15) is 0 Å². The molecule has 0 spiro atoms. The van der Waals surface area contributed by atoms with Crippen LogP contribution in [0.4, 0.5) is 0 Å². The summed E-state index contributed by atoms with van der Waals surface area (Å²) in [6.45, 7) is 4.02. The smallest absolute Gasteiger partial charge is 0.306 e. The van der Waals surface area contributed by atoms with Gasteiger partial charge in [0, 0.05) is 26.2 Å². The Kier molecular flexibility index (Phi) is 5.62. The van der Waals surface area contributed by atoms with Crippen LogP contribution in [0, 0.1) is 11.8 Å². The minimum absolute atomic E-state index is 0.328. The van der Waals surface area contributed by atoms with Gasteiger partial charge in [-0.05, 0) is 31.6 Å². The molecule has 2 heterocycles. The molecule has 21 heavy (non-hydrogen) atoms. The zero-order chi connectivity index (χ0) is 15.5. The highest BCUT2D eigenvalue weighted by atomic mass is 32.2. The summed E-state index contributed by atoms with van der Waals surface area (Å²) in [5.74, 6) is -0.557. The third-order valence-corrected chi connectivity index (χ3v) is 6.76. The van der Waals surface area contributed by atoms with Crippen LogP contribution < -0.4 is 0 Å². The molecular weight excluding hydrogens is 292 g/mol. The SMILES string of the molecule is CCCC1CCN(S(=O)(=O)N2CCC(C(=O)O)CC2)CC1. The predicted octanol–water partition coefficient (Wildman–Crippen LogP) is 1.54. The summed E-state index contributed by atoms with van der Waals surface area (Å²) in [6.07, 6.45) is 5.05. The first-order valence-electron chi connectivity index (χ1n) is 7.93. The summed E-state index contributed by atoms with van der Waals surface area (Å²) in [4.78, 5) is 10.9. The van der Waals surface area contributed by atoms with Crippen molar-refractivity contribution in [3.05, 3.63) is 0 Å². The molecule has 0 radical (unpaired) electrons. The lowest BCUT2D eigenvalue weighted by molar-refractivity contribution is -0.142. The van der Waals surface area contributed by atoms with Crippen LogP contribution in [-0.4, -0.2) is 54.3 Å². The van der Waals surface area contributed by atoms with Gasteiger partial charge in [0.05, 0.1) is 5.92 Å². The number of nitrogens with zero attached hydrogens (tertiary/aromatic N) is 2. The van der Waals surface area contributed by atoms with Crippen LogP contribution in [0.15, 0.2) is 0 Å². The van der Waals surface area contributed by atoms with E-state index >= 15 is 0 Å². The Morgan fingerprint density at radius 3 is 1.95 bits per heavy atom. The second kappa shape index (κ2) is 7.07. The monoisotopic (exact) mass is 318 g/mol. The fourth-order valence-corrected chi connectivity index (χ4v) is 5.00. The molecule has 122 valence electrons. The van der Waals surface area contributed by atoms with E-state index in [2.05, 4.69) is 6.92 Å². The quantitative estimate of drug-likeness (QED) is 0.834. The van der Waals surface area contributed by atoms with E-state index in [1.54, 1.807) is 4.31 Å². The van der Waals surface area contributed by atoms with Crippen LogP contribution in [0.2, 0.25) is 0 Å². The van der Waals surface area contributed by atoms with E-state index in [1.165, 1.54) is 10.7 Å². The van der Waals surface area contributed by atoms with Crippen LogP contribution in [0.1, 0.15) is 45.4 Å². The van der Waals surface area contributed by atoms with Crippen molar-refractivity contribution in [1.82, 2.24) is 8.61 Å². The maximum atomic E-state index is 12.6. The van der Waals surface area contributed by atoms with Crippen molar-refractivity contribution >= 4 is 16.2 Å². The van der Waals surface area contributed by atoms with Crippen molar-refractivity contribution in [2.45, 2.75) is 45.4 Å². The topological polar surface area (TPSA) is 77.9 Å². The van der Waals surface area contributed by atoms with Crippen molar-refractivity contribution in [2.75, 3.05) is 26.2 Å². The minimum Gasteiger partial charge on any atom is -0.481 e. The van der Waals surface area contributed by atoms with Crippen LogP contribution in [0.3, 0.4) is 0 Å². The molecule has 2 aliphatic rings. The number of hydrogen-bond donors (Lipinski definition) is 1. The summed E-state index contributed by atoms with van der Waals surface area (Å²) < 4.78 is 28.2. The molecule has 0 aromatic carbocycles. The zero-order valence-corrected chi connectivity index (χ0v) is 13.5. The van der Waals surface area contributed by atoms with Gasteiger partial charge in [-0.1, -0.05) is 19.8 Å². The fourth-order valence-electron chi connectivity index (χ4n) is 3.33. The van der Waals surface area contributed by atoms with Gasteiger partial charge in [0.25, 0.3) is 10.2 Å². The van der Waals surface area contributed by atoms with E-state index in [1.807, 2.05) is 0 Å². The second-order valence-corrected chi connectivity index (χ2v) is 8.08. The molecule has 2 aliphatic heterocycles. The first-order chi connectivity index (χ1) is 9.95. The van der Waals surface area contributed by atoms with Crippen molar-refractivity contribution in [3.63, 3.8) is 0 Å². The molecule has 2 fully saturated rings. The third-order valence-electron chi connectivity index (χ3n) is 4.73. The van der Waals surface area contributed by atoms with Gasteiger partial charge in [-0.3, -0.25) is 4.79 Å². The van der Waals surface area contributed by atoms with E-state index in [-0.39, 0.29) is 0 Å².